The maximum absolute atomic E-state index is 12.2. The van der Waals surface area contributed by atoms with Gasteiger partial charge < -0.3 is 10.3 Å². The monoisotopic (exact) mass is 363 g/mol. The van der Waals surface area contributed by atoms with Crippen molar-refractivity contribution in [1.29, 1.82) is 5.26 Å². The second-order valence-corrected chi connectivity index (χ2v) is 7.35. The van der Waals surface area contributed by atoms with Gasteiger partial charge in [0.2, 0.25) is 5.91 Å². The fraction of sp³-hybridized carbons (Fsp3) is 0.353. The summed E-state index contributed by atoms with van der Waals surface area (Å²) in [6.07, 6.45) is 0.745. The van der Waals surface area contributed by atoms with Crippen LogP contribution in [-0.2, 0) is 11.2 Å². The van der Waals surface area contributed by atoms with Gasteiger partial charge in [0.25, 0.3) is 5.56 Å². The lowest BCUT2D eigenvalue weighted by atomic mass is 9.99. The highest BCUT2D eigenvalue weighted by Gasteiger charge is 2.15. The molecular weight excluding hydrogens is 346 g/mol. The van der Waals surface area contributed by atoms with Gasteiger partial charge in [0.05, 0.1) is 10.4 Å². The van der Waals surface area contributed by atoms with E-state index in [2.05, 4.69) is 10.3 Å². The van der Waals surface area contributed by atoms with Crippen molar-refractivity contribution in [1.82, 2.24) is 10.3 Å². The molecule has 24 heavy (non-hydrogen) atoms. The Balaban J connectivity index is 2.05. The normalized spacial score (nSPS) is 11.8. The van der Waals surface area contributed by atoms with Gasteiger partial charge in [-0.15, -0.1) is 11.3 Å². The number of H-pyrrole nitrogens is 1. The van der Waals surface area contributed by atoms with E-state index >= 15 is 0 Å². The predicted octanol–water partition coefficient (Wildman–Crippen LogP) is 3.39. The molecule has 0 saturated carbocycles. The summed E-state index contributed by atoms with van der Waals surface area (Å²) in [5.74, 6) is -0.0875. The molecule has 2 rings (SSSR count). The molecule has 2 N–H and O–H groups in total. The average molecular weight is 364 g/mol. The van der Waals surface area contributed by atoms with Gasteiger partial charge >= 0.3 is 0 Å². The molecule has 0 aromatic carbocycles. The van der Waals surface area contributed by atoms with E-state index in [1.807, 2.05) is 19.1 Å². The first-order valence-electron chi connectivity index (χ1n) is 7.50. The fourth-order valence-electron chi connectivity index (χ4n) is 2.60. The van der Waals surface area contributed by atoms with Crippen LogP contribution >= 0.6 is 22.9 Å². The van der Waals surface area contributed by atoms with Crippen LogP contribution in [0.25, 0.3) is 0 Å². The van der Waals surface area contributed by atoms with Crippen molar-refractivity contribution >= 4 is 28.8 Å². The number of aryl methyl sites for hydroxylation is 1. The van der Waals surface area contributed by atoms with E-state index in [0.717, 1.165) is 10.4 Å². The van der Waals surface area contributed by atoms with E-state index in [0.29, 0.717) is 22.0 Å². The van der Waals surface area contributed by atoms with E-state index in [1.165, 1.54) is 11.3 Å². The third-order valence-electron chi connectivity index (χ3n) is 3.92. The molecule has 2 aromatic rings. The Morgan fingerprint density at radius 2 is 2.17 bits per heavy atom. The molecule has 7 heteroatoms. The number of hydrogen-bond donors (Lipinski definition) is 2. The molecule has 1 unspecified atom stereocenters. The number of carbonyl (C=O) groups is 1. The molecule has 0 bridgehead atoms. The number of carbonyl (C=O) groups excluding carboxylic acids is 1. The van der Waals surface area contributed by atoms with Gasteiger partial charge in [0.1, 0.15) is 11.6 Å². The maximum atomic E-state index is 12.2. The van der Waals surface area contributed by atoms with Crippen LogP contribution in [-0.4, -0.2) is 10.9 Å². The number of aromatic nitrogens is 1. The van der Waals surface area contributed by atoms with E-state index < -0.39 is 0 Å². The SMILES string of the molecule is Cc1[nH]c(=O)c(C#N)c(C)c1CCC(=O)NC(C)c1ccc(Cl)s1. The molecular formula is C17H18ClN3O2S. The molecule has 1 atom stereocenters. The summed E-state index contributed by atoms with van der Waals surface area (Å²) in [4.78, 5) is 27.6. The van der Waals surface area contributed by atoms with E-state index in [1.54, 1.807) is 19.9 Å². The van der Waals surface area contributed by atoms with Crippen LogP contribution in [0.1, 0.15) is 46.6 Å². The number of pyridine rings is 1. The van der Waals surface area contributed by atoms with Gasteiger partial charge in [-0.05, 0) is 50.5 Å². The Hall–Kier alpha value is -2.10. The summed E-state index contributed by atoms with van der Waals surface area (Å²) in [6.45, 7) is 5.42. The molecule has 0 aliphatic heterocycles. The first kappa shape index (κ1) is 18.2. The van der Waals surface area contributed by atoms with Gasteiger partial charge in [-0.1, -0.05) is 11.6 Å². The molecule has 0 saturated heterocycles. The molecule has 2 heterocycles. The fourth-order valence-corrected chi connectivity index (χ4v) is 3.67. The molecule has 0 aliphatic carbocycles. The summed E-state index contributed by atoms with van der Waals surface area (Å²) in [7, 11) is 0. The quantitative estimate of drug-likeness (QED) is 0.853. The summed E-state index contributed by atoms with van der Waals surface area (Å²) in [5, 5.41) is 12.0. The van der Waals surface area contributed by atoms with Crippen molar-refractivity contribution in [2.75, 3.05) is 0 Å². The third-order valence-corrected chi connectivity index (χ3v) is 5.33. The van der Waals surface area contributed by atoms with Crippen LogP contribution in [0.2, 0.25) is 4.34 Å². The second kappa shape index (κ2) is 7.65. The lowest BCUT2D eigenvalue weighted by Gasteiger charge is -2.14. The smallest absolute Gasteiger partial charge is 0.266 e. The summed E-state index contributed by atoms with van der Waals surface area (Å²) < 4.78 is 0.689. The van der Waals surface area contributed by atoms with Crippen LogP contribution in [0.15, 0.2) is 16.9 Å². The molecule has 2 aromatic heterocycles. The highest BCUT2D eigenvalue weighted by atomic mass is 35.5. The molecule has 126 valence electrons. The van der Waals surface area contributed by atoms with E-state index in [4.69, 9.17) is 16.9 Å². The van der Waals surface area contributed by atoms with E-state index in [-0.39, 0.29) is 29.5 Å². The molecule has 0 spiro atoms. The number of rotatable bonds is 5. The van der Waals surface area contributed by atoms with Gasteiger partial charge in [-0.25, -0.2) is 0 Å². The largest absolute Gasteiger partial charge is 0.349 e. The average Bonchev–Trinajstić information content (AvgIpc) is 2.93. The van der Waals surface area contributed by atoms with Crippen molar-refractivity contribution in [2.24, 2.45) is 0 Å². The zero-order valence-electron chi connectivity index (χ0n) is 13.7. The van der Waals surface area contributed by atoms with E-state index in [9.17, 15) is 9.59 Å². The first-order chi connectivity index (χ1) is 11.3. The third kappa shape index (κ3) is 4.05. The Kier molecular flexibility index (Phi) is 5.81. The van der Waals surface area contributed by atoms with Crippen LogP contribution in [0, 0.1) is 25.2 Å². The van der Waals surface area contributed by atoms with Crippen molar-refractivity contribution in [2.45, 2.75) is 39.7 Å². The van der Waals surface area contributed by atoms with Crippen LogP contribution in [0.5, 0.6) is 0 Å². The van der Waals surface area contributed by atoms with Crippen LogP contribution in [0.4, 0.5) is 0 Å². The topological polar surface area (TPSA) is 85.8 Å². The highest BCUT2D eigenvalue weighted by Crippen LogP contribution is 2.26. The zero-order chi connectivity index (χ0) is 17.9. The molecule has 5 nitrogen and oxygen atoms in total. The predicted molar refractivity (Wildman–Crippen MR) is 95.5 cm³/mol. The minimum Gasteiger partial charge on any atom is -0.349 e. The lowest BCUT2D eigenvalue weighted by Crippen LogP contribution is -2.26. The van der Waals surface area contributed by atoms with Gasteiger partial charge in [0.15, 0.2) is 0 Å². The minimum absolute atomic E-state index is 0.0875. The van der Waals surface area contributed by atoms with Crippen molar-refractivity contribution < 1.29 is 4.79 Å². The first-order valence-corrected chi connectivity index (χ1v) is 8.70. The minimum atomic E-state index is -0.385. The number of nitrogens with zero attached hydrogens (tertiary/aromatic N) is 1. The van der Waals surface area contributed by atoms with Crippen molar-refractivity contribution in [3.63, 3.8) is 0 Å². The van der Waals surface area contributed by atoms with Crippen molar-refractivity contribution in [3.05, 3.63) is 54.1 Å². The Bertz CT molecular complexity index is 864. The van der Waals surface area contributed by atoms with Gasteiger partial charge in [-0.2, -0.15) is 5.26 Å². The number of halogens is 1. The molecule has 1 amide bonds. The van der Waals surface area contributed by atoms with Crippen molar-refractivity contribution in [3.8, 4) is 6.07 Å². The molecule has 0 aliphatic rings. The number of aromatic amines is 1. The standard InChI is InChI=1S/C17H18ClN3O2S/c1-9-12(10(2)21-17(23)13(9)8-19)4-7-16(22)20-11(3)14-5-6-15(18)24-14/h5-6,11H,4,7H2,1-3H3,(H,20,22)(H,21,23). The summed E-state index contributed by atoms with van der Waals surface area (Å²) >= 11 is 7.35. The zero-order valence-corrected chi connectivity index (χ0v) is 15.3. The Labute approximate surface area is 149 Å². The molecule has 0 radical (unpaired) electrons. The number of hydrogen-bond acceptors (Lipinski definition) is 4. The Morgan fingerprint density at radius 1 is 1.46 bits per heavy atom. The number of nitrogens with one attached hydrogen (secondary N) is 2. The highest BCUT2D eigenvalue weighted by molar-refractivity contribution is 7.16. The summed E-state index contributed by atoms with van der Waals surface area (Å²) in [5.41, 5.74) is 1.90. The summed E-state index contributed by atoms with van der Waals surface area (Å²) in [6, 6.07) is 5.51. The van der Waals surface area contributed by atoms with Gasteiger partial charge in [-0.3, -0.25) is 9.59 Å². The lowest BCUT2D eigenvalue weighted by molar-refractivity contribution is -0.121. The van der Waals surface area contributed by atoms with Crippen LogP contribution < -0.4 is 10.9 Å². The number of thiophene rings is 1. The maximum Gasteiger partial charge on any atom is 0.266 e. The van der Waals surface area contributed by atoms with Gasteiger partial charge in [0, 0.05) is 17.0 Å². The number of nitriles is 1. The Morgan fingerprint density at radius 3 is 2.75 bits per heavy atom. The molecule has 0 fully saturated rings. The number of amides is 1. The van der Waals surface area contributed by atoms with Crippen LogP contribution in [0.3, 0.4) is 0 Å². The second-order valence-electron chi connectivity index (χ2n) is 5.60.